The molecule has 164 valence electrons. The van der Waals surface area contributed by atoms with E-state index in [1.807, 2.05) is 30.5 Å². The molecule has 1 aliphatic carbocycles. The molecule has 0 saturated carbocycles. The van der Waals surface area contributed by atoms with Crippen molar-refractivity contribution in [1.29, 1.82) is 0 Å². The van der Waals surface area contributed by atoms with Crippen molar-refractivity contribution in [2.75, 3.05) is 11.9 Å². The summed E-state index contributed by atoms with van der Waals surface area (Å²) < 4.78 is 7.88. The van der Waals surface area contributed by atoms with Crippen LogP contribution in [0, 0.1) is 0 Å². The van der Waals surface area contributed by atoms with Gasteiger partial charge in [-0.3, -0.25) is 4.79 Å². The molecule has 1 heterocycles. The molecule has 0 spiro atoms. The van der Waals surface area contributed by atoms with E-state index in [0.29, 0.717) is 28.7 Å². The first-order valence-electron chi connectivity index (χ1n) is 9.95. The van der Waals surface area contributed by atoms with Gasteiger partial charge in [-0.1, -0.05) is 41.4 Å². The zero-order chi connectivity index (χ0) is 22.7. The molecule has 4 rings (SSSR count). The summed E-state index contributed by atoms with van der Waals surface area (Å²) in [5.74, 6) is -1.25. The van der Waals surface area contributed by atoms with Gasteiger partial charge in [0.15, 0.2) is 0 Å². The van der Waals surface area contributed by atoms with Crippen molar-refractivity contribution in [2.45, 2.75) is 19.1 Å². The third-order valence-electron chi connectivity index (χ3n) is 5.14. The minimum Gasteiger partial charge on any atom is -0.478 e. The maximum Gasteiger partial charge on any atom is 0.335 e. The molecule has 0 saturated heterocycles. The Labute approximate surface area is 194 Å². The van der Waals surface area contributed by atoms with Gasteiger partial charge in [0.2, 0.25) is 5.91 Å². The fourth-order valence-corrected chi connectivity index (χ4v) is 3.97. The SMILES string of the molecule is O=C(CO[C@H]1C=c2c(ccn2Cc2ccc(C(=O)O)cc2)=CC1)Nc1ccc(Cl)cc1Cl. The Kier molecular flexibility index (Phi) is 6.65. The lowest BCUT2D eigenvalue weighted by Crippen LogP contribution is -2.35. The molecule has 1 amide bonds. The maximum absolute atomic E-state index is 12.3. The summed E-state index contributed by atoms with van der Waals surface area (Å²) in [5.41, 5.74) is 1.73. The van der Waals surface area contributed by atoms with Crippen LogP contribution in [0.5, 0.6) is 0 Å². The summed E-state index contributed by atoms with van der Waals surface area (Å²) in [7, 11) is 0. The highest BCUT2D eigenvalue weighted by atomic mass is 35.5. The molecule has 0 bridgehead atoms. The highest BCUT2D eigenvalue weighted by molar-refractivity contribution is 6.36. The smallest absolute Gasteiger partial charge is 0.335 e. The topological polar surface area (TPSA) is 80.6 Å². The summed E-state index contributed by atoms with van der Waals surface area (Å²) in [6.45, 7) is 0.489. The molecule has 8 heteroatoms. The van der Waals surface area contributed by atoms with E-state index in [0.717, 1.165) is 16.1 Å². The molecule has 2 N–H and O–H groups in total. The Morgan fingerprint density at radius 3 is 2.62 bits per heavy atom. The van der Waals surface area contributed by atoms with E-state index in [1.54, 1.807) is 30.3 Å². The zero-order valence-electron chi connectivity index (χ0n) is 16.9. The number of carboxylic acids is 1. The summed E-state index contributed by atoms with van der Waals surface area (Å²) in [6, 6.07) is 13.7. The average molecular weight is 471 g/mol. The molecule has 2 aromatic carbocycles. The molecule has 1 atom stereocenters. The monoisotopic (exact) mass is 470 g/mol. The Balaban J connectivity index is 1.41. The van der Waals surface area contributed by atoms with Gasteiger partial charge in [0.05, 0.1) is 22.4 Å². The Morgan fingerprint density at radius 1 is 1.12 bits per heavy atom. The van der Waals surface area contributed by atoms with Gasteiger partial charge in [-0.05, 0) is 59.7 Å². The lowest BCUT2D eigenvalue weighted by Gasteiger charge is -2.16. The van der Waals surface area contributed by atoms with Gasteiger partial charge in [0.25, 0.3) is 0 Å². The van der Waals surface area contributed by atoms with Crippen LogP contribution < -0.4 is 15.9 Å². The number of carboxylic acid groups (broad SMARTS) is 1. The van der Waals surface area contributed by atoms with Crippen molar-refractivity contribution in [1.82, 2.24) is 4.57 Å². The standard InChI is InChI=1S/C24H20Cl2N2O4/c25-18-6-8-21(20(26)11-18)27-23(29)14-32-19-7-5-16-9-10-28(22(16)12-19)13-15-1-3-17(4-2-15)24(30)31/h1-6,8-12,19H,7,13-14H2,(H,27,29)(H,30,31)/t19-/m1/s1. The van der Waals surface area contributed by atoms with Crippen LogP contribution in [-0.2, 0) is 16.1 Å². The number of halogens is 2. The minimum absolute atomic E-state index is 0.110. The summed E-state index contributed by atoms with van der Waals surface area (Å²) in [4.78, 5) is 23.3. The van der Waals surface area contributed by atoms with Crippen LogP contribution in [0.2, 0.25) is 10.0 Å². The van der Waals surface area contributed by atoms with Crippen molar-refractivity contribution < 1.29 is 19.4 Å². The van der Waals surface area contributed by atoms with Crippen molar-refractivity contribution >= 4 is 52.9 Å². The van der Waals surface area contributed by atoms with Crippen molar-refractivity contribution in [2.24, 2.45) is 0 Å². The van der Waals surface area contributed by atoms with Gasteiger partial charge >= 0.3 is 5.97 Å². The maximum atomic E-state index is 12.3. The summed E-state index contributed by atoms with van der Waals surface area (Å²) in [6.07, 6.45) is 6.50. The molecular weight excluding hydrogens is 451 g/mol. The number of benzene rings is 2. The number of rotatable bonds is 7. The molecule has 0 radical (unpaired) electrons. The van der Waals surface area contributed by atoms with Crippen molar-refractivity contribution in [3.8, 4) is 0 Å². The minimum atomic E-state index is -0.944. The number of nitrogens with one attached hydrogen (secondary N) is 1. The third-order valence-corrected chi connectivity index (χ3v) is 5.69. The van der Waals surface area contributed by atoms with Gasteiger partial charge in [-0.25, -0.2) is 4.79 Å². The van der Waals surface area contributed by atoms with E-state index in [1.165, 1.54) is 0 Å². The lowest BCUT2D eigenvalue weighted by atomic mass is 10.1. The number of nitrogens with zero attached hydrogens (tertiary/aromatic N) is 1. The van der Waals surface area contributed by atoms with Gasteiger partial charge in [-0.15, -0.1) is 0 Å². The largest absolute Gasteiger partial charge is 0.478 e. The Hall–Kier alpha value is -3.06. The number of carbonyl (C=O) groups excluding carboxylic acids is 1. The fourth-order valence-electron chi connectivity index (χ4n) is 3.52. The zero-order valence-corrected chi connectivity index (χ0v) is 18.4. The second-order valence-electron chi connectivity index (χ2n) is 7.41. The first-order chi connectivity index (χ1) is 15.4. The first-order valence-corrected chi connectivity index (χ1v) is 10.7. The van der Waals surface area contributed by atoms with E-state index in [9.17, 15) is 9.59 Å². The van der Waals surface area contributed by atoms with Crippen LogP contribution in [0.4, 0.5) is 5.69 Å². The predicted octanol–water partition coefficient (Wildman–Crippen LogP) is 3.53. The number of ether oxygens (including phenoxy) is 1. The number of aromatic carboxylic acids is 1. The number of hydrogen-bond acceptors (Lipinski definition) is 3. The molecule has 1 aromatic heterocycles. The van der Waals surface area contributed by atoms with E-state index in [-0.39, 0.29) is 24.2 Å². The number of amides is 1. The average Bonchev–Trinajstić information content (AvgIpc) is 3.16. The molecule has 3 aromatic rings. The quantitative estimate of drug-likeness (QED) is 0.553. The van der Waals surface area contributed by atoms with Gasteiger partial charge in [-0.2, -0.15) is 0 Å². The molecule has 0 fully saturated rings. The first kappa shape index (κ1) is 22.1. The van der Waals surface area contributed by atoms with Gasteiger partial charge < -0.3 is 19.7 Å². The van der Waals surface area contributed by atoms with Crippen LogP contribution in [0.1, 0.15) is 22.3 Å². The third kappa shape index (κ3) is 5.22. The van der Waals surface area contributed by atoms with Crippen LogP contribution >= 0.6 is 23.2 Å². The Morgan fingerprint density at radius 2 is 1.91 bits per heavy atom. The highest BCUT2D eigenvalue weighted by Crippen LogP contribution is 2.25. The molecule has 32 heavy (non-hydrogen) atoms. The number of aromatic nitrogens is 1. The molecule has 6 nitrogen and oxygen atoms in total. The number of hydrogen-bond donors (Lipinski definition) is 2. The Bertz CT molecular complexity index is 1280. The van der Waals surface area contributed by atoms with Crippen LogP contribution in [0.15, 0.2) is 54.7 Å². The molecule has 0 aliphatic heterocycles. The lowest BCUT2D eigenvalue weighted by molar-refractivity contribution is -0.121. The fraction of sp³-hybridized carbons (Fsp3) is 0.167. The highest BCUT2D eigenvalue weighted by Gasteiger charge is 2.14. The van der Waals surface area contributed by atoms with E-state index in [4.69, 9.17) is 33.0 Å². The molecule has 1 aliphatic rings. The number of carbonyl (C=O) groups is 2. The summed E-state index contributed by atoms with van der Waals surface area (Å²) in [5, 5.41) is 14.7. The molecule has 0 unspecified atom stereocenters. The molecular formula is C24H20Cl2N2O4. The predicted molar refractivity (Wildman–Crippen MR) is 125 cm³/mol. The van der Waals surface area contributed by atoms with Crippen LogP contribution in [0.3, 0.4) is 0 Å². The second-order valence-corrected chi connectivity index (χ2v) is 8.26. The van der Waals surface area contributed by atoms with E-state index < -0.39 is 5.97 Å². The van der Waals surface area contributed by atoms with Crippen LogP contribution in [-0.4, -0.2) is 34.3 Å². The van der Waals surface area contributed by atoms with Crippen molar-refractivity contribution in [3.63, 3.8) is 0 Å². The van der Waals surface area contributed by atoms with Crippen LogP contribution in [0.25, 0.3) is 12.2 Å². The van der Waals surface area contributed by atoms with Gasteiger partial charge in [0, 0.05) is 23.1 Å². The normalized spacial score (nSPS) is 14.8. The number of fused-ring (bicyclic) bond motifs is 1. The summed E-state index contributed by atoms with van der Waals surface area (Å²) >= 11 is 12.0. The second kappa shape index (κ2) is 9.61. The van der Waals surface area contributed by atoms with Gasteiger partial charge in [0.1, 0.15) is 6.61 Å². The van der Waals surface area contributed by atoms with E-state index in [2.05, 4.69) is 16.0 Å². The van der Waals surface area contributed by atoms with Crippen molar-refractivity contribution in [3.05, 3.63) is 86.5 Å². The van der Waals surface area contributed by atoms with E-state index >= 15 is 0 Å². The number of anilines is 1.